The molecule has 0 aromatic heterocycles. The van der Waals surface area contributed by atoms with E-state index in [0.717, 1.165) is 29.9 Å². The molecular formula is C16H19BrClNO5. The lowest BCUT2D eigenvalue weighted by Gasteiger charge is -2.19. The summed E-state index contributed by atoms with van der Waals surface area (Å²) in [6, 6.07) is 5.49. The molecule has 0 saturated carbocycles. The zero-order valence-corrected chi connectivity index (χ0v) is 15.3. The van der Waals surface area contributed by atoms with Gasteiger partial charge in [0.05, 0.1) is 4.47 Å². The van der Waals surface area contributed by atoms with Crippen molar-refractivity contribution in [3.05, 3.63) is 53.0 Å². The summed E-state index contributed by atoms with van der Waals surface area (Å²) in [6.07, 6.45) is 3.75. The molecule has 24 heavy (non-hydrogen) atoms. The number of aliphatic carboxylic acids is 2. The van der Waals surface area contributed by atoms with Crippen molar-refractivity contribution < 1.29 is 24.5 Å². The van der Waals surface area contributed by atoms with Gasteiger partial charge in [-0.05, 0) is 34.1 Å². The number of carbonyl (C=O) groups is 2. The molecule has 0 unspecified atom stereocenters. The Labute approximate surface area is 154 Å². The Kier molecular flexibility index (Phi) is 11.6. The lowest BCUT2D eigenvalue weighted by Crippen LogP contribution is -2.28. The van der Waals surface area contributed by atoms with Crippen LogP contribution in [0.4, 0.5) is 0 Å². The van der Waals surface area contributed by atoms with Crippen molar-refractivity contribution in [2.75, 3.05) is 26.2 Å². The first-order chi connectivity index (χ1) is 11.3. The first kappa shape index (κ1) is 22.2. The van der Waals surface area contributed by atoms with E-state index in [-0.39, 0.29) is 0 Å². The molecule has 1 aromatic carbocycles. The minimum Gasteiger partial charge on any atom is -0.491 e. The number of hydrogen-bond acceptors (Lipinski definition) is 4. The summed E-state index contributed by atoms with van der Waals surface area (Å²) in [4.78, 5) is 20.4. The highest BCUT2D eigenvalue weighted by Crippen LogP contribution is 2.27. The highest BCUT2D eigenvalue weighted by molar-refractivity contribution is 9.10. The molecule has 0 fully saturated rings. The first-order valence-electron chi connectivity index (χ1n) is 6.80. The Balaban J connectivity index is 0.000000754. The molecule has 0 radical (unpaired) electrons. The summed E-state index contributed by atoms with van der Waals surface area (Å²) in [6.45, 7) is 10.6. The number of ether oxygens (including phenoxy) is 1. The smallest absolute Gasteiger partial charge is 0.414 e. The van der Waals surface area contributed by atoms with Crippen LogP contribution >= 0.6 is 27.5 Å². The Bertz CT molecular complexity index is 558. The van der Waals surface area contributed by atoms with E-state index >= 15 is 0 Å². The summed E-state index contributed by atoms with van der Waals surface area (Å²) in [5.74, 6) is -2.85. The van der Waals surface area contributed by atoms with Gasteiger partial charge in [0.1, 0.15) is 12.4 Å². The number of carboxylic acid groups (broad SMARTS) is 2. The molecule has 0 spiro atoms. The topological polar surface area (TPSA) is 87.1 Å². The van der Waals surface area contributed by atoms with Crippen LogP contribution in [-0.2, 0) is 9.59 Å². The van der Waals surface area contributed by atoms with Gasteiger partial charge in [0.2, 0.25) is 0 Å². The Morgan fingerprint density at radius 3 is 2.17 bits per heavy atom. The molecule has 0 bridgehead atoms. The lowest BCUT2D eigenvalue weighted by molar-refractivity contribution is -0.159. The zero-order valence-electron chi connectivity index (χ0n) is 13.0. The average Bonchev–Trinajstić information content (AvgIpc) is 2.50. The standard InChI is InChI=1S/C14H17BrClNO.C2H2O4/c1-3-7-17(8-4-2)9-10-18-14-6-5-12(16)11-13(14)15;3-1(4)2(5)6/h3-6,11H,1-2,7-10H2;(H,3,4)(H,5,6). The predicted molar refractivity (Wildman–Crippen MR) is 96.8 cm³/mol. The van der Waals surface area contributed by atoms with Gasteiger partial charge in [0.15, 0.2) is 0 Å². The summed E-state index contributed by atoms with van der Waals surface area (Å²) in [5.41, 5.74) is 0. The lowest BCUT2D eigenvalue weighted by atomic mass is 10.3. The van der Waals surface area contributed by atoms with E-state index in [4.69, 9.17) is 36.1 Å². The second-order valence-electron chi connectivity index (χ2n) is 4.37. The number of hydrogen-bond donors (Lipinski definition) is 2. The van der Waals surface area contributed by atoms with E-state index in [2.05, 4.69) is 34.0 Å². The molecule has 1 rings (SSSR count). The maximum absolute atomic E-state index is 9.10. The first-order valence-corrected chi connectivity index (χ1v) is 7.97. The van der Waals surface area contributed by atoms with Crippen LogP contribution in [0.15, 0.2) is 48.0 Å². The van der Waals surface area contributed by atoms with E-state index in [1.807, 2.05) is 30.4 Å². The fourth-order valence-electron chi connectivity index (χ4n) is 1.50. The van der Waals surface area contributed by atoms with Crippen molar-refractivity contribution >= 4 is 39.5 Å². The maximum atomic E-state index is 9.10. The molecule has 0 aliphatic rings. The Morgan fingerprint density at radius 1 is 1.21 bits per heavy atom. The Hall–Kier alpha value is -1.83. The summed E-state index contributed by atoms with van der Waals surface area (Å²) in [5, 5.41) is 15.5. The highest BCUT2D eigenvalue weighted by Gasteiger charge is 2.05. The van der Waals surface area contributed by atoms with Gasteiger partial charge in [-0.2, -0.15) is 0 Å². The molecule has 0 saturated heterocycles. The average molecular weight is 421 g/mol. The third-order valence-electron chi connectivity index (χ3n) is 2.52. The van der Waals surface area contributed by atoms with Gasteiger partial charge < -0.3 is 14.9 Å². The van der Waals surface area contributed by atoms with Gasteiger partial charge in [-0.25, -0.2) is 9.59 Å². The van der Waals surface area contributed by atoms with Crippen LogP contribution in [0, 0.1) is 0 Å². The van der Waals surface area contributed by atoms with Gasteiger partial charge in [-0.15, -0.1) is 13.2 Å². The molecule has 8 heteroatoms. The van der Waals surface area contributed by atoms with Crippen LogP contribution < -0.4 is 4.74 Å². The molecule has 1 aromatic rings. The zero-order chi connectivity index (χ0) is 18.5. The molecule has 132 valence electrons. The number of benzene rings is 1. The largest absolute Gasteiger partial charge is 0.491 e. The van der Waals surface area contributed by atoms with Crippen molar-refractivity contribution in [2.24, 2.45) is 0 Å². The van der Waals surface area contributed by atoms with Crippen LogP contribution in [0.2, 0.25) is 5.02 Å². The van der Waals surface area contributed by atoms with Crippen LogP contribution in [0.25, 0.3) is 0 Å². The van der Waals surface area contributed by atoms with Gasteiger partial charge in [-0.1, -0.05) is 23.8 Å². The van der Waals surface area contributed by atoms with Crippen molar-refractivity contribution in [1.29, 1.82) is 0 Å². The highest BCUT2D eigenvalue weighted by atomic mass is 79.9. The normalized spacial score (nSPS) is 9.62. The Morgan fingerprint density at radius 2 is 1.75 bits per heavy atom. The third-order valence-corrected chi connectivity index (χ3v) is 3.37. The van der Waals surface area contributed by atoms with E-state index in [1.54, 1.807) is 0 Å². The van der Waals surface area contributed by atoms with Crippen molar-refractivity contribution in [2.45, 2.75) is 0 Å². The molecular weight excluding hydrogens is 402 g/mol. The number of carboxylic acids is 2. The molecule has 6 nitrogen and oxygen atoms in total. The molecule has 0 aliphatic heterocycles. The monoisotopic (exact) mass is 419 g/mol. The van der Waals surface area contributed by atoms with Crippen LogP contribution in [-0.4, -0.2) is 53.3 Å². The SMILES string of the molecule is C=CCN(CC=C)CCOc1ccc(Cl)cc1Br.O=C(O)C(=O)O. The van der Waals surface area contributed by atoms with E-state index in [1.165, 1.54) is 0 Å². The van der Waals surface area contributed by atoms with E-state index in [9.17, 15) is 0 Å². The molecule has 0 atom stereocenters. The quantitative estimate of drug-likeness (QED) is 0.495. The van der Waals surface area contributed by atoms with Gasteiger partial charge in [-0.3, -0.25) is 4.90 Å². The maximum Gasteiger partial charge on any atom is 0.414 e. The van der Waals surface area contributed by atoms with Crippen molar-refractivity contribution in [3.8, 4) is 5.75 Å². The molecule has 2 N–H and O–H groups in total. The molecule has 0 heterocycles. The third kappa shape index (κ3) is 10.0. The predicted octanol–water partition coefficient (Wildman–Crippen LogP) is 3.31. The number of rotatable bonds is 8. The fraction of sp³-hybridized carbons (Fsp3) is 0.250. The summed E-state index contributed by atoms with van der Waals surface area (Å²) < 4.78 is 6.57. The summed E-state index contributed by atoms with van der Waals surface area (Å²) in [7, 11) is 0. The second-order valence-corrected chi connectivity index (χ2v) is 5.66. The van der Waals surface area contributed by atoms with Gasteiger partial charge >= 0.3 is 11.9 Å². The number of halogens is 2. The van der Waals surface area contributed by atoms with Crippen molar-refractivity contribution in [1.82, 2.24) is 4.90 Å². The van der Waals surface area contributed by atoms with E-state index in [0.29, 0.717) is 11.6 Å². The van der Waals surface area contributed by atoms with Crippen LogP contribution in [0.3, 0.4) is 0 Å². The molecule has 0 aliphatic carbocycles. The second kappa shape index (κ2) is 12.6. The minimum absolute atomic E-state index is 0.613. The van der Waals surface area contributed by atoms with Crippen LogP contribution in [0.1, 0.15) is 0 Å². The van der Waals surface area contributed by atoms with Gasteiger partial charge in [0, 0.05) is 24.7 Å². The number of nitrogens with zero attached hydrogens (tertiary/aromatic N) is 1. The van der Waals surface area contributed by atoms with E-state index < -0.39 is 11.9 Å². The van der Waals surface area contributed by atoms with Crippen molar-refractivity contribution in [3.63, 3.8) is 0 Å². The summed E-state index contributed by atoms with van der Waals surface area (Å²) >= 11 is 9.29. The minimum atomic E-state index is -1.82. The van der Waals surface area contributed by atoms with Gasteiger partial charge in [0.25, 0.3) is 0 Å². The molecule has 0 amide bonds. The van der Waals surface area contributed by atoms with Crippen LogP contribution in [0.5, 0.6) is 5.75 Å². The fourth-order valence-corrected chi connectivity index (χ4v) is 2.30.